The summed E-state index contributed by atoms with van der Waals surface area (Å²) in [6.07, 6.45) is 6.50. The highest BCUT2D eigenvalue weighted by Gasteiger charge is 2.34. The Morgan fingerprint density at radius 1 is 1.18 bits per heavy atom. The molecule has 2 saturated heterocycles. The average Bonchev–Trinajstić information content (AvgIpc) is 2.83. The number of nitrogens with one attached hydrogen (secondary N) is 1. The SMILES string of the molecule is CCCNCC1(CN2CCCC2)CCOCC1. The van der Waals surface area contributed by atoms with Crippen molar-refractivity contribution in [1.82, 2.24) is 10.2 Å². The minimum atomic E-state index is 0.484. The van der Waals surface area contributed by atoms with Crippen LogP contribution in [0.5, 0.6) is 0 Å². The van der Waals surface area contributed by atoms with E-state index in [1.165, 1.54) is 58.3 Å². The maximum atomic E-state index is 5.55. The zero-order chi connectivity index (χ0) is 12.0. The standard InChI is InChI=1S/C14H28N2O/c1-2-7-15-12-14(5-10-17-11-6-14)13-16-8-3-4-9-16/h15H,2-13H2,1H3. The molecular weight excluding hydrogens is 212 g/mol. The Labute approximate surface area is 106 Å². The molecule has 0 saturated carbocycles. The van der Waals surface area contributed by atoms with Gasteiger partial charge in [-0.15, -0.1) is 0 Å². The average molecular weight is 240 g/mol. The molecule has 0 aromatic heterocycles. The van der Waals surface area contributed by atoms with E-state index in [2.05, 4.69) is 17.1 Å². The smallest absolute Gasteiger partial charge is 0.0472 e. The van der Waals surface area contributed by atoms with Gasteiger partial charge in [-0.3, -0.25) is 0 Å². The monoisotopic (exact) mass is 240 g/mol. The second-order valence-corrected chi connectivity index (χ2v) is 5.77. The highest BCUT2D eigenvalue weighted by atomic mass is 16.5. The normalized spacial score (nSPS) is 25.2. The van der Waals surface area contributed by atoms with Crippen molar-refractivity contribution >= 4 is 0 Å². The van der Waals surface area contributed by atoms with Crippen molar-refractivity contribution in [3.63, 3.8) is 0 Å². The Balaban J connectivity index is 1.85. The Morgan fingerprint density at radius 2 is 1.88 bits per heavy atom. The molecule has 0 unspecified atom stereocenters. The lowest BCUT2D eigenvalue weighted by Gasteiger charge is -2.40. The van der Waals surface area contributed by atoms with Gasteiger partial charge in [-0.25, -0.2) is 0 Å². The zero-order valence-corrected chi connectivity index (χ0v) is 11.3. The molecule has 2 aliphatic rings. The summed E-state index contributed by atoms with van der Waals surface area (Å²) >= 11 is 0. The number of hydrogen-bond donors (Lipinski definition) is 1. The predicted molar refractivity (Wildman–Crippen MR) is 71.3 cm³/mol. The third kappa shape index (κ3) is 3.94. The summed E-state index contributed by atoms with van der Waals surface area (Å²) in [5, 5.41) is 3.64. The molecule has 2 fully saturated rings. The van der Waals surface area contributed by atoms with Crippen LogP contribution < -0.4 is 5.32 Å². The van der Waals surface area contributed by atoms with Crippen molar-refractivity contribution in [2.24, 2.45) is 5.41 Å². The van der Waals surface area contributed by atoms with Crippen LogP contribution in [0.15, 0.2) is 0 Å². The number of likely N-dealkylation sites (tertiary alicyclic amines) is 1. The molecular formula is C14H28N2O. The van der Waals surface area contributed by atoms with Gasteiger partial charge in [-0.1, -0.05) is 6.92 Å². The first-order valence-electron chi connectivity index (χ1n) is 7.35. The highest BCUT2D eigenvalue weighted by molar-refractivity contribution is 4.88. The van der Waals surface area contributed by atoms with E-state index in [1.54, 1.807) is 0 Å². The molecule has 0 radical (unpaired) electrons. The second-order valence-electron chi connectivity index (χ2n) is 5.77. The molecule has 17 heavy (non-hydrogen) atoms. The lowest BCUT2D eigenvalue weighted by atomic mass is 9.79. The molecule has 2 heterocycles. The van der Waals surface area contributed by atoms with Crippen LogP contribution in [0.2, 0.25) is 0 Å². The molecule has 3 nitrogen and oxygen atoms in total. The molecule has 100 valence electrons. The van der Waals surface area contributed by atoms with Crippen LogP contribution >= 0.6 is 0 Å². The number of ether oxygens (including phenoxy) is 1. The van der Waals surface area contributed by atoms with Crippen molar-refractivity contribution in [2.45, 2.75) is 39.0 Å². The van der Waals surface area contributed by atoms with Gasteiger partial charge in [0.1, 0.15) is 0 Å². The summed E-state index contributed by atoms with van der Waals surface area (Å²) in [4.78, 5) is 2.67. The van der Waals surface area contributed by atoms with E-state index >= 15 is 0 Å². The van der Waals surface area contributed by atoms with Gasteiger partial charge in [-0.05, 0) is 57.2 Å². The minimum absolute atomic E-state index is 0.484. The van der Waals surface area contributed by atoms with Gasteiger partial charge in [0.2, 0.25) is 0 Å². The Kier molecular flexibility index (Phi) is 5.26. The highest BCUT2D eigenvalue weighted by Crippen LogP contribution is 2.32. The van der Waals surface area contributed by atoms with Crippen LogP contribution in [0.1, 0.15) is 39.0 Å². The van der Waals surface area contributed by atoms with Crippen molar-refractivity contribution < 1.29 is 4.74 Å². The lowest BCUT2D eigenvalue weighted by molar-refractivity contribution is -0.000846. The maximum absolute atomic E-state index is 5.55. The summed E-state index contributed by atoms with van der Waals surface area (Å²) in [6.45, 7) is 10.4. The van der Waals surface area contributed by atoms with Crippen molar-refractivity contribution in [1.29, 1.82) is 0 Å². The van der Waals surface area contributed by atoms with E-state index in [-0.39, 0.29) is 0 Å². The lowest BCUT2D eigenvalue weighted by Crippen LogP contribution is -2.46. The first kappa shape index (κ1) is 13.3. The molecule has 0 amide bonds. The first-order valence-corrected chi connectivity index (χ1v) is 7.35. The van der Waals surface area contributed by atoms with E-state index in [4.69, 9.17) is 4.74 Å². The number of rotatable bonds is 6. The fourth-order valence-corrected chi connectivity index (χ4v) is 3.14. The number of nitrogens with zero attached hydrogens (tertiary/aromatic N) is 1. The van der Waals surface area contributed by atoms with Crippen LogP contribution in [0, 0.1) is 5.41 Å². The van der Waals surface area contributed by atoms with Gasteiger partial charge in [-0.2, -0.15) is 0 Å². The summed E-state index contributed by atoms with van der Waals surface area (Å²) in [6, 6.07) is 0. The Morgan fingerprint density at radius 3 is 2.53 bits per heavy atom. The Hall–Kier alpha value is -0.120. The van der Waals surface area contributed by atoms with Gasteiger partial charge in [0.25, 0.3) is 0 Å². The van der Waals surface area contributed by atoms with E-state index < -0.39 is 0 Å². The maximum Gasteiger partial charge on any atom is 0.0472 e. The van der Waals surface area contributed by atoms with Gasteiger partial charge in [0.15, 0.2) is 0 Å². The van der Waals surface area contributed by atoms with Crippen LogP contribution in [0.3, 0.4) is 0 Å². The third-order valence-corrected chi connectivity index (χ3v) is 4.24. The van der Waals surface area contributed by atoms with Gasteiger partial charge >= 0.3 is 0 Å². The van der Waals surface area contributed by atoms with E-state index in [1.807, 2.05) is 0 Å². The van der Waals surface area contributed by atoms with Gasteiger partial charge in [0, 0.05) is 26.3 Å². The molecule has 0 aromatic rings. The molecule has 0 aliphatic carbocycles. The predicted octanol–water partition coefficient (Wildman–Crippen LogP) is 1.88. The van der Waals surface area contributed by atoms with Crippen LogP contribution in [-0.2, 0) is 4.74 Å². The van der Waals surface area contributed by atoms with Crippen molar-refractivity contribution in [3.8, 4) is 0 Å². The first-order chi connectivity index (χ1) is 8.35. The van der Waals surface area contributed by atoms with Crippen molar-refractivity contribution in [3.05, 3.63) is 0 Å². The summed E-state index contributed by atoms with van der Waals surface area (Å²) in [7, 11) is 0. The Bertz CT molecular complexity index is 208. The fraction of sp³-hybridized carbons (Fsp3) is 1.00. The topological polar surface area (TPSA) is 24.5 Å². The second kappa shape index (κ2) is 6.72. The molecule has 0 aromatic carbocycles. The van der Waals surface area contributed by atoms with E-state index in [0.717, 1.165) is 19.8 Å². The largest absolute Gasteiger partial charge is 0.381 e. The summed E-state index contributed by atoms with van der Waals surface area (Å²) in [5.74, 6) is 0. The summed E-state index contributed by atoms with van der Waals surface area (Å²) < 4.78 is 5.55. The molecule has 0 atom stereocenters. The third-order valence-electron chi connectivity index (χ3n) is 4.24. The molecule has 0 spiro atoms. The molecule has 0 bridgehead atoms. The quantitative estimate of drug-likeness (QED) is 0.717. The molecule has 3 heteroatoms. The van der Waals surface area contributed by atoms with Gasteiger partial charge < -0.3 is 15.0 Å². The van der Waals surface area contributed by atoms with Crippen molar-refractivity contribution in [2.75, 3.05) is 45.9 Å². The zero-order valence-electron chi connectivity index (χ0n) is 11.3. The van der Waals surface area contributed by atoms with E-state index in [9.17, 15) is 0 Å². The van der Waals surface area contributed by atoms with Gasteiger partial charge in [0.05, 0.1) is 0 Å². The van der Waals surface area contributed by atoms with Crippen LogP contribution in [0.4, 0.5) is 0 Å². The molecule has 1 N–H and O–H groups in total. The minimum Gasteiger partial charge on any atom is -0.381 e. The van der Waals surface area contributed by atoms with Crippen LogP contribution in [0.25, 0.3) is 0 Å². The molecule has 2 rings (SSSR count). The van der Waals surface area contributed by atoms with Crippen LogP contribution in [-0.4, -0.2) is 50.8 Å². The summed E-state index contributed by atoms with van der Waals surface area (Å²) in [5.41, 5.74) is 0.484. The number of hydrogen-bond acceptors (Lipinski definition) is 3. The fourth-order valence-electron chi connectivity index (χ4n) is 3.14. The van der Waals surface area contributed by atoms with E-state index in [0.29, 0.717) is 5.41 Å². The molecule has 2 aliphatic heterocycles.